The fraction of sp³-hybridized carbons (Fsp3) is 0.300. The molecule has 0 aliphatic heterocycles. The monoisotopic (exact) mass is 357 g/mol. The van der Waals surface area contributed by atoms with Gasteiger partial charge in [-0.25, -0.2) is 4.79 Å². The van der Waals surface area contributed by atoms with Crippen LogP contribution in [0.5, 0.6) is 0 Å². The maximum absolute atomic E-state index is 12.1. The molecule has 1 rings (SSSR count). The first-order chi connectivity index (χ1) is 12.3. The number of carbonyl (C=O) groups excluding carboxylic acids is 4. The summed E-state index contributed by atoms with van der Waals surface area (Å²) in [6.07, 6.45) is 5.51. The Balaban J connectivity index is 2.97. The van der Waals surface area contributed by atoms with Crippen molar-refractivity contribution in [1.29, 1.82) is 0 Å². The predicted molar refractivity (Wildman–Crippen MR) is 98.9 cm³/mol. The Morgan fingerprint density at radius 1 is 1.08 bits per heavy atom. The molecule has 1 aromatic carbocycles. The second kappa shape index (κ2) is 10.1. The molecule has 6 heteroatoms. The van der Waals surface area contributed by atoms with Crippen LogP contribution in [0.15, 0.2) is 36.4 Å². The summed E-state index contributed by atoms with van der Waals surface area (Å²) in [5, 5.41) is 2.70. The zero-order valence-electron chi connectivity index (χ0n) is 15.4. The highest BCUT2D eigenvalue weighted by molar-refractivity contribution is 6.03. The van der Waals surface area contributed by atoms with Gasteiger partial charge in [0.2, 0.25) is 5.91 Å². The van der Waals surface area contributed by atoms with Gasteiger partial charge in [0, 0.05) is 24.3 Å². The van der Waals surface area contributed by atoms with Crippen molar-refractivity contribution in [2.75, 3.05) is 12.4 Å². The van der Waals surface area contributed by atoms with E-state index in [1.165, 1.54) is 32.3 Å². The smallest absolute Gasteiger partial charge is 0.330 e. The van der Waals surface area contributed by atoms with Gasteiger partial charge in [-0.15, -0.1) is 0 Å². The molecular weight excluding hydrogens is 334 g/mol. The molecule has 0 atom stereocenters. The van der Waals surface area contributed by atoms with Crippen molar-refractivity contribution < 1.29 is 23.9 Å². The van der Waals surface area contributed by atoms with E-state index in [2.05, 4.69) is 10.1 Å². The zero-order chi connectivity index (χ0) is 19.7. The third-order valence-corrected chi connectivity index (χ3v) is 3.64. The normalized spacial score (nSPS) is 10.9. The van der Waals surface area contributed by atoms with E-state index in [9.17, 15) is 19.2 Å². The number of anilines is 1. The minimum absolute atomic E-state index is 0.154. The number of nitrogens with one attached hydrogen (secondary N) is 1. The molecule has 0 saturated carbocycles. The van der Waals surface area contributed by atoms with E-state index in [1.807, 2.05) is 13.8 Å². The molecule has 0 heterocycles. The van der Waals surface area contributed by atoms with Crippen LogP contribution in [0.3, 0.4) is 0 Å². The molecule has 0 saturated heterocycles. The summed E-state index contributed by atoms with van der Waals surface area (Å²) in [5.41, 5.74) is 3.24. The van der Waals surface area contributed by atoms with Crippen LogP contribution in [0.25, 0.3) is 0 Å². The van der Waals surface area contributed by atoms with Crippen LogP contribution < -0.4 is 5.32 Å². The summed E-state index contributed by atoms with van der Waals surface area (Å²) in [7, 11) is 1.25. The van der Waals surface area contributed by atoms with Crippen molar-refractivity contribution in [2.45, 2.75) is 33.6 Å². The highest BCUT2D eigenvalue weighted by Gasteiger charge is 2.11. The van der Waals surface area contributed by atoms with Crippen LogP contribution in [0.1, 0.15) is 30.5 Å². The lowest BCUT2D eigenvalue weighted by Gasteiger charge is -2.13. The molecule has 0 bridgehead atoms. The number of hydrogen-bond donors (Lipinski definition) is 1. The molecule has 1 aromatic rings. The Morgan fingerprint density at radius 3 is 2.35 bits per heavy atom. The van der Waals surface area contributed by atoms with Gasteiger partial charge in [0.15, 0.2) is 11.6 Å². The number of amides is 1. The molecule has 6 nitrogen and oxygen atoms in total. The Morgan fingerprint density at radius 2 is 1.77 bits per heavy atom. The van der Waals surface area contributed by atoms with Crippen LogP contribution in [0, 0.1) is 6.92 Å². The molecule has 26 heavy (non-hydrogen) atoms. The first-order valence-electron chi connectivity index (χ1n) is 8.17. The Kier molecular flexibility index (Phi) is 8.15. The van der Waals surface area contributed by atoms with Gasteiger partial charge >= 0.3 is 5.97 Å². The number of benzene rings is 1. The SMILES string of the molecule is CCc1cc(NC(=O)/C=C\C(C)=O)cc(C)c1CC(=O)/C=C\C(=O)OC. The molecule has 0 radical (unpaired) electrons. The number of rotatable bonds is 8. The summed E-state index contributed by atoms with van der Waals surface area (Å²) in [4.78, 5) is 45.8. The first-order valence-corrected chi connectivity index (χ1v) is 8.17. The molecule has 0 aromatic heterocycles. The van der Waals surface area contributed by atoms with E-state index >= 15 is 0 Å². The number of esters is 1. The van der Waals surface area contributed by atoms with Crippen LogP contribution in [0.4, 0.5) is 5.69 Å². The molecule has 1 N–H and O–H groups in total. The molecule has 0 spiro atoms. The maximum Gasteiger partial charge on any atom is 0.330 e. The maximum atomic E-state index is 12.1. The predicted octanol–water partition coefficient (Wildman–Crippen LogP) is 2.48. The van der Waals surface area contributed by atoms with Crippen LogP contribution in [0.2, 0.25) is 0 Å². The average molecular weight is 357 g/mol. The van der Waals surface area contributed by atoms with Gasteiger partial charge in [0.1, 0.15) is 0 Å². The zero-order valence-corrected chi connectivity index (χ0v) is 15.4. The number of aryl methyl sites for hydroxylation is 2. The van der Waals surface area contributed by atoms with Crippen molar-refractivity contribution in [3.8, 4) is 0 Å². The van der Waals surface area contributed by atoms with Gasteiger partial charge in [0.25, 0.3) is 0 Å². The summed E-state index contributed by atoms with van der Waals surface area (Å²) >= 11 is 0. The molecular formula is C20H23NO5. The third-order valence-electron chi connectivity index (χ3n) is 3.64. The van der Waals surface area contributed by atoms with Gasteiger partial charge in [-0.3, -0.25) is 14.4 Å². The van der Waals surface area contributed by atoms with E-state index < -0.39 is 11.9 Å². The van der Waals surface area contributed by atoms with Crippen molar-refractivity contribution in [2.24, 2.45) is 0 Å². The number of ether oxygens (including phenoxy) is 1. The highest BCUT2D eigenvalue weighted by Crippen LogP contribution is 2.22. The van der Waals surface area contributed by atoms with E-state index in [4.69, 9.17) is 0 Å². The standard InChI is InChI=1S/C20H23NO5/c1-5-15-11-16(21-19(24)8-6-14(3)22)10-13(2)18(15)12-17(23)7-9-20(25)26-4/h6-11H,5,12H2,1-4H3,(H,21,24)/b8-6-,9-7-. The van der Waals surface area contributed by atoms with E-state index in [0.717, 1.165) is 22.8 Å². The largest absolute Gasteiger partial charge is 0.466 e. The second-order valence-corrected chi connectivity index (χ2v) is 5.72. The third kappa shape index (κ3) is 6.84. The number of allylic oxidation sites excluding steroid dienone is 2. The first kappa shape index (κ1) is 21.0. The summed E-state index contributed by atoms with van der Waals surface area (Å²) in [5.74, 6) is -1.40. The fourth-order valence-corrected chi connectivity index (χ4v) is 2.37. The molecule has 0 aliphatic rings. The minimum atomic E-state index is -0.581. The summed E-state index contributed by atoms with van der Waals surface area (Å²) in [6, 6.07) is 3.57. The van der Waals surface area contributed by atoms with Gasteiger partial charge in [0.05, 0.1) is 7.11 Å². The molecule has 0 aliphatic carbocycles. The van der Waals surface area contributed by atoms with Crippen LogP contribution in [-0.4, -0.2) is 30.6 Å². The van der Waals surface area contributed by atoms with Crippen LogP contribution in [-0.2, 0) is 36.8 Å². The lowest BCUT2D eigenvalue weighted by Crippen LogP contribution is -2.11. The second-order valence-electron chi connectivity index (χ2n) is 5.72. The number of carbonyl (C=O) groups is 4. The van der Waals surface area contributed by atoms with Gasteiger partial charge in [-0.1, -0.05) is 6.92 Å². The molecule has 0 fully saturated rings. The van der Waals surface area contributed by atoms with Gasteiger partial charge < -0.3 is 10.1 Å². The Bertz CT molecular complexity index is 775. The van der Waals surface area contributed by atoms with E-state index in [1.54, 1.807) is 12.1 Å². The number of ketones is 2. The lowest BCUT2D eigenvalue weighted by molar-refractivity contribution is -0.135. The van der Waals surface area contributed by atoms with Crippen molar-refractivity contribution in [3.05, 3.63) is 53.1 Å². The minimum Gasteiger partial charge on any atom is -0.466 e. The fourth-order valence-electron chi connectivity index (χ4n) is 2.37. The Labute approximate surface area is 152 Å². The average Bonchev–Trinajstić information content (AvgIpc) is 2.59. The van der Waals surface area contributed by atoms with Crippen LogP contribution >= 0.6 is 0 Å². The van der Waals surface area contributed by atoms with Gasteiger partial charge in [-0.2, -0.15) is 0 Å². The molecule has 138 valence electrons. The van der Waals surface area contributed by atoms with E-state index in [0.29, 0.717) is 12.1 Å². The topological polar surface area (TPSA) is 89.5 Å². The molecule has 1 amide bonds. The summed E-state index contributed by atoms with van der Waals surface area (Å²) < 4.78 is 4.46. The van der Waals surface area contributed by atoms with Crippen molar-refractivity contribution in [1.82, 2.24) is 0 Å². The van der Waals surface area contributed by atoms with E-state index in [-0.39, 0.29) is 18.0 Å². The number of methoxy groups -OCH3 is 1. The summed E-state index contributed by atoms with van der Waals surface area (Å²) in [6.45, 7) is 5.17. The molecule has 0 unspecified atom stereocenters. The quantitative estimate of drug-likeness (QED) is 0.570. The lowest BCUT2D eigenvalue weighted by atomic mass is 9.94. The highest BCUT2D eigenvalue weighted by atomic mass is 16.5. The van der Waals surface area contributed by atoms with Crippen molar-refractivity contribution >= 4 is 29.1 Å². The number of hydrogen-bond acceptors (Lipinski definition) is 5. The van der Waals surface area contributed by atoms with Crippen molar-refractivity contribution in [3.63, 3.8) is 0 Å². The van der Waals surface area contributed by atoms with Gasteiger partial charge in [-0.05, 0) is 61.2 Å². The Hall–Kier alpha value is -3.02.